The number of rotatable bonds is 5. The van der Waals surface area contributed by atoms with Gasteiger partial charge in [0.15, 0.2) is 0 Å². The second-order valence-electron chi connectivity index (χ2n) is 9.00. The van der Waals surface area contributed by atoms with Gasteiger partial charge in [-0.25, -0.2) is 0 Å². The molecule has 3 aliphatic heterocycles. The smallest absolute Gasteiger partial charge is 0.222 e. The molecule has 3 heterocycles. The van der Waals surface area contributed by atoms with Gasteiger partial charge in [0.25, 0.3) is 0 Å². The number of carbonyl (C=O) groups is 1. The lowest BCUT2D eigenvalue weighted by Gasteiger charge is -2.49. The number of amides is 1. The highest BCUT2D eigenvalue weighted by Crippen LogP contribution is 2.37. The first-order chi connectivity index (χ1) is 14.2. The van der Waals surface area contributed by atoms with Gasteiger partial charge in [-0.15, -0.1) is 0 Å². The minimum absolute atomic E-state index is 0.00707. The molecule has 29 heavy (non-hydrogen) atoms. The summed E-state index contributed by atoms with van der Waals surface area (Å²) in [5.74, 6) is 1.14. The van der Waals surface area contributed by atoms with Crippen LogP contribution in [0.4, 0.5) is 0 Å². The Morgan fingerprint density at radius 2 is 1.83 bits per heavy atom. The van der Waals surface area contributed by atoms with E-state index in [0.717, 1.165) is 51.1 Å². The molecule has 0 saturated carbocycles. The molecule has 0 radical (unpaired) electrons. The number of methoxy groups -OCH3 is 1. The lowest BCUT2D eigenvalue weighted by atomic mass is 9.81. The number of carbonyl (C=O) groups excluding carboxylic acids is 1. The number of ether oxygens (including phenoxy) is 2. The van der Waals surface area contributed by atoms with E-state index in [0.29, 0.717) is 12.5 Å². The fraction of sp³-hybridized carbons (Fsp3) is 0.708. The number of aryl methyl sites for hydroxylation is 1. The number of benzene rings is 1. The maximum Gasteiger partial charge on any atom is 0.222 e. The molecule has 0 N–H and O–H groups in total. The SMILES string of the molecule is COc1ccc(CCC(=O)N2CCC3(CC2)CC(N2CCCCC2)CCO3)cc1. The van der Waals surface area contributed by atoms with Crippen molar-refractivity contribution in [2.24, 2.45) is 0 Å². The molecule has 1 unspecified atom stereocenters. The van der Waals surface area contributed by atoms with E-state index in [4.69, 9.17) is 9.47 Å². The molecule has 1 amide bonds. The maximum absolute atomic E-state index is 12.7. The Hall–Kier alpha value is -1.59. The van der Waals surface area contributed by atoms with Crippen LogP contribution in [-0.2, 0) is 16.0 Å². The summed E-state index contributed by atoms with van der Waals surface area (Å²) in [6.07, 6.45) is 9.76. The van der Waals surface area contributed by atoms with E-state index < -0.39 is 0 Å². The van der Waals surface area contributed by atoms with Gasteiger partial charge < -0.3 is 19.3 Å². The Balaban J connectivity index is 1.25. The van der Waals surface area contributed by atoms with Crippen molar-refractivity contribution in [3.05, 3.63) is 29.8 Å². The summed E-state index contributed by atoms with van der Waals surface area (Å²) in [4.78, 5) is 17.5. The summed E-state index contributed by atoms with van der Waals surface area (Å²) in [5.41, 5.74) is 1.19. The molecule has 3 saturated heterocycles. The molecule has 3 aliphatic rings. The highest BCUT2D eigenvalue weighted by Gasteiger charge is 2.42. The van der Waals surface area contributed by atoms with Crippen LogP contribution in [0.5, 0.6) is 5.75 Å². The van der Waals surface area contributed by atoms with E-state index in [1.54, 1.807) is 7.11 Å². The normalized spacial score (nSPS) is 25.1. The maximum atomic E-state index is 12.7. The van der Waals surface area contributed by atoms with Crippen molar-refractivity contribution in [1.29, 1.82) is 0 Å². The van der Waals surface area contributed by atoms with Crippen molar-refractivity contribution >= 4 is 5.91 Å². The summed E-state index contributed by atoms with van der Waals surface area (Å²) in [5, 5.41) is 0. The Labute approximate surface area is 175 Å². The molecule has 1 atom stereocenters. The van der Waals surface area contributed by atoms with Crippen LogP contribution in [0.1, 0.15) is 56.9 Å². The third kappa shape index (κ3) is 5.13. The largest absolute Gasteiger partial charge is 0.497 e. The van der Waals surface area contributed by atoms with Crippen molar-refractivity contribution in [2.75, 3.05) is 39.9 Å². The van der Waals surface area contributed by atoms with Crippen molar-refractivity contribution in [3.8, 4) is 5.75 Å². The molecular weight excluding hydrogens is 364 g/mol. The van der Waals surface area contributed by atoms with Crippen LogP contribution in [0.2, 0.25) is 0 Å². The molecule has 1 aromatic carbocycles. The van der Waals surface area contributed by atoms with E-state index in [1.807, 2.05) is 24.3 Å². The van der Waals surface area contributed by atoms with E-state index in [9.17, 15) is 4.79 Å². The quantitative estimate of drug-likeness (QED) is 0.757. The average Bonchev–Trinajstić information content (AvgIpc) is 2.79. The third-order valence-electron chi connectivity index (χ3n) is 7.19. The minimum atomic E-state index is 0.00707. The highest BCUT2D eigenvalue weighted by atomic mass is 16.5. The van der Waals surface area contributed by atoms with Gasteiger partial charge in [0.1, 0.15) is 5.75 Å². The zero-order valence-corrected chi connectivity index (χ0v) is 17.9. The molecule has 0 bridgehead atoms. The molecule has 3 fully saturated rings. The summed E-state index contributed by atoms with van der Waals surface area (Å²) >= 11 is 0. The monoisotopic (exact) mass is 400 g/mol. The number of nitrogens with zero attached hydrogens (tertiary/aromatic N) is 2. The fourth-order valence-electron chi connectivity index (χ4n) is 5.31. The second kappa shape index (κ2) is 9.48. The molecule has 0 aliphatic carbocycles. The van der Waals surface area contributed by atoms with E-state index in [1.165, 1.54) is 44.3 Å². The lowest BCUT2D eigenvalue weighted by Crippen LogP contribution is -2.55. The number of hydrogen-bond acceptors (Lipinski definition) is 4. The second-order valence-corrected chi connectivity index (χ2v) is 9.00. The van der Waals surface area contributed by atoms with Crippen LogP contribution >= 0.6 is 0 Å². The summed E-state index contributed by atoms with van der Waals surface area (Å²) in [6, 6.07) is 8.70. The average molecular weight is 401 g/mol. The molecule has 160 valence electrons. The zero-order valence-electron chi connectivity index (χ0n) is 17.9. The van der Waals surface area contributed by atoms with Crippen LogP contribution in [0.25, 0.3) is 0 Å². The van der Waals surface area contributed by atoms with Crippen molar-refractivity contribution in [2.45, 2.75) is 69.4 Å². The molecule has 1 spiro atoms. The van der Waals surface area contributed by atoms with Crippen LogP contribution in [0, 0.1) is 0 Å². The van der Waals surface area contributed by atoms with Gasteiger partial charge in [0, 0.05) is 32.2 Å². The minimum Gasteiger partial charge on any atom is -0.497 e. The highest BCUT2D eigenvalue weighted by molar-refractivity contribution is 5.76. The summed E-state index contributed by atoms with van der Waals surface area (Å²) in [6.45, 7) is 5.09. The Morgan fingerprint density at radius 1 is 1.10 bits per heavy atom. The van der Waals surface area contributed by atoms with Crippen LogP contribution in [-0.4, -0.2) is 67.2 Å². The predicted molar refractivity (Wildman–Crippen MR) is 114 cm³/mol. The first kappa shape index (κ1) is 20.7. The Morgan fingerprint density at radius 3 is 2.52 bits per heavy atom. The molecular formula is C24H36N2O3. The summed E-state index contributed by atoms with van der Waals surface area (Å²) in [7, 11) is 1.67. The van der Waals surface area contributed by atoms with E-state index in [-0.39, 0.29) is 11.5 Å². The van der Waals surface area contributed by atoms with Gasteiger partial charge in [-0.1, -0.05) is 18.6 Å². The van der Waals surface area contributed by atoms with E-state index in [2.05, 4.69) is 9.80 Å². The van der Waals surface area contributed by atoms with Gasteiger partial charge in [-0.3, -0.25) is 4.79 Å². The lowest BCUT2D eigenvalue weighted by molar-refractivity contribution is -0.149. The Kier molecular flexibility index (Phi) is 6.76. The van der Waals surface area contributed by atoms with Crippen LogP contribution in [0.15, 0.2) is 24.3 Å². The fourth-order valence-corrected chi connectivity index (χ4v) is 5.31. The van der Waals surface area contributed by atoms with Gasteiger partial charge >= 0.3 is 0 Å². The third-order valence-corrected chi connectivity index (χ3v) is 7.19. The van der Waals surface area contributed by atoms with Gasteiger partial charge in [-0.2, -0.15) is 0 Å². The number of likely N-dealkylation sites (tertiary alicyclic amines) is 2. The first-order valence-corrected chi connectivity index (χ1v) is 11.5. The van der Waals surface area contributed by atoms with E-state index >= 15 is 0 Å². The van der Waals surface area contributed by atoms with Crippen molar-refractivity contribution < 1.29 is 14.3 Å². The molecule has 4 rings (SSSR count). The molecule has 5 heteroatoms. The van der Waals surface area contributed by atoms with Crippen LogP contribution in [0.3, 0.4) is 0 Å². The Bertz CT molecular complexity index is 661. The zero-order chi connectivity index (χ0) is 20.1. The van der Waals surface area contributed by atoms with Gasteiger partial charge in [-0.05, 0) is 75.7 Å². The summed E-state index contributed by atoms with van der Waals surface area (Å²) < 4.78 is 11.5. The van der Waals surface area contributed by atoms with Gasteiger partial charge in [0.2, 0.25) is 5.91 Å². The number of hydrogen-bond donors (Lipinski definition) is 0. The predicted octanol–water partition coefficient (Wildman–Crippen LogP) is 3.65. The molecule has 0 aromatic heterocycles. The first-order valence-electron chi connectivity index (χ1n) is 11.5. The van der Waals surface area contributed by atoms with Gasteiger partial charge in [0.05, 0.1) is 12.7 Å². The molecule has 5 nitrogen and oxygen atoms in total. The van der Waals surface area contributed by atoms with Crippen molar-refractivity contribution in [1.82, 2.24) is 9.80 Å². The van der Waals surface area contributed by atoms with Crippen LogP contribution < -0.4 is 4.74 Å². The topological polar surface area (TPSA) is 42.0 Å². The standard InChI is InChI=1S/C24H36N2O3/c1-28-22-8-5-20(6-9-22)7-10-23(27)26-16-12-24(13-17-26)19-21(11-18-29-24)25-14-3-2-4-15-25/h5-6,8-9,21H,2-4,7,10-19H2,1H3. The number of piperidine rings is 2. The van der Waals surface area contributed by atoms with Crippen molar-refractivity contribution in [3.63, 3.8) is 0 Å². The molecule has 1 aromatic rings.